The molecular formula is C24H27N3O3. The van der Waals surface area contributed by atoms with E-state index < -0.39 is 11.5 Å². The molecule has 1 atom stereocenters. The standard InChI is InChI=1S/C24H27N3O3/c1-16(2)19(15-30-3)14-25-23(28)21-20(17-10-6-4-7-11-17)22(26-27-24(21)29)18-12-8-5-9-13-18/h4-13,16,19H,14-15H2,1-3H3,(H,25,28)(H,27,29). The third-order valence-corrected chi connectivity index (χ3v) is 5.17. The van der Waals surface area contributed by atoms with Crippen molar-refractivity contribution in [1.82, 2.24) is 15.5 Å². The van der Waals surface area contributed by atoms with E-state index in [9.17, 15) is 9.59 Å². The summed E-state index contributed by atoms with van der Waals surface area (Å²) in [4.78, 5) is 25.9. The van der Waals surface area contributed by atoms with Gasteiger partial charge in [0, 0.05) is 30.7 Å². The lowest BCUT2D eigenvalue weighted by Gasteiger charge is -2.21. The summed E-state index contributed by atoms with van der Waals surface area (Å²) in [5.41, 5.74) is 2.21. The Morgan fingerprint density at radius 1 is 1.03 bits per heavy atom. The van der Waals surface area contributed by atoms with Gasteiger partial charge in [0.2, 0.25) is 0 Å². The summed E-state index contributed by atoms with van der Waals surface area (Å²) in [5, 5.41) is 9.71. The molecule has 6 nitrogen and oxygen atoms in total. The zero-order chi connectivity index (χ0) is 21.5. The van der Waals surface area contributed by atoms with Gasteiger partial charge >= 0.3 is 0 Å². The highest BCUT2D eigenvalue weighted by Crippen LogP contribution is 2.31. The molecule has 0 aliphatic rings. The predicted octanol–water partition coefficient (Wildman–Crippen LogP) is 3.75. The molecule has 6 heteroatoms. The highest BCUT2D eigenvalue weighted by molar-refractivity contribution is 6.03. The van der Waals surface area contributed by atoms with Crippen molar-refractivity contribution in [3.63, 3.8) is 0 Å². The highest BCUT2D eigenvalue weighted by atomic mass is 16.5. The van der Waals surface area contributed by atoms with Gasteiger partial charge in [-0.05, 0) is 11.5 Å². The maximum absolute atomic E-state index is 13.2. The summed E-state index contributed by atoms with van der Waals surface area (Å²) in [5.74, 6) is 0.0551. The van der Waals surface area contributed by atoms with Crippen LogP contribution in [0.3, 0.4) is 0 Å². The lowest BCUT2D eigenvalue weighted by Crippen LogP contribution is -2.37. The molecule has 1 heterocycles. The topological polar surface area (TPSA) is 84.1 Å². The van der Waals surface area contributed by atoms with Crippen molar-refractivity contribution in [1.29, 1.82) is 0 Å². The molecule has 0 saturated carbocycles. The summed E-state index contributed by atoms with van der Waals surface area (Å²) in [6.07, 6.45) is 0. The van der Waals surface area contributed by atoms with Gasteiger partial charge in [0.25, 0.3) is 11.5 Å². The van der Waals surface area contributed by atoms with Crippen LogP contribution in [0.5, 0.6) is 0 Å². The second kappa shape index (κ2) is 9.98. The fourth-order valence-electron chi connectivity index (χ4n) is 3.37. The number of nitrogens with zero attached hydrogens (tertiary/aromatic N) is 1. The Kier molecular flexibility index (Phi) is 7.14. The minimum absolute atomic E-state index is 0.0648. The predicted molar refractivity (Wildman–Crippen MR) is 118 cm³/mol. The molecule has 156 valence electrons. The van der Waals surface area contributed by atoms with Crippen molar-refractivity contribution in [2.45, 2.75) is 13.8 Å². The maximum atomic E-state index is 13.2. The fourth-order valence-corrected chi connectivity index (χ4v) is 3.37. The van der Waals surface area contributed by atoms with Gasteiger partial charge in [-0.15, -0.1) is 0 Å². The minimum atomic E-state index is -0.515. The van der Waals surface area contributed by atoms with Crippen molar-refractivity contribution in [3.8, 4) is 22.4 Å². The Morgan fingerprint density at radius 3 is 2.20 bits per heavy atom. The molecule has 3 rings (SSSR count). The second-order valence-corrected chi connectivity index (χ2v) is 7.55. The van der Waals surface area contributed by atoms with E-state index in [0.29, 0.717) is 30.3 Å². The van der Waals surface area contributed by atoms with Gasteiger partial charge in [-0.3, -0.25) is 9.59 Å². The number of hydrogen-bond acceptors (Lipinski definition) is 4. The lowest BCUT2D eigenvalue weighted by atomic mass is 9.94. The zero-order valence-electron chi connectivity index (χ0n) is 17.5. The lowest BCUT2D eigenvalue weighted by molar-refractivity contribution is 0.0908. The third-order valence-electron chi connectivity index (χ3n) is 5.17. The van der Waals surface area contributed by atoms with Crippen molar-refractivity contribution < 1.29 is 9.53 Å². The Labute approximate surface area is 176 Å². The first-order chi connectivity index (χ1) is 14.5. The van der Waals surface area contributed by atoms with Crippen LogP contribution < -0.4 is 10.9 Å². The van der Waals surface area contributed by atoms with Gasteiger partial charge in [0.1, 0.15) is 5.56 Å². The molecule has 3 aromatic rings. The third kappa shape index (κ3) is 4.83. The number of rotatable bonds is 8. The summed E-state index contributed by atoms with van der Waals surface area (Å²) >= 11 is 0. The zero-order valence-corrected chi connectivity index (χ0v) is 17.5. The van der Waals surface area contributed by atoms with E-state index in [4.69, 9.17) is 4.74 Å². The van der Waals surface area contributed by atoms with E-state index in [2.05, 4.69) is 29.4 Å². The van der Waals surface area contributed by atoms with Crippen LogP contribution in [-0.2, 0) is 4.74 Å². The average Bonchev–Trinajstić information content (AvgIpc) is 2.77. The van der Waals surface area contributed by atoms with Crippen LogP contribution >= 0.6 is 0 Å². The van der Waals surface area contributed by atoms with Crippen LogP contribution in [0.2, 0.25) is 0 Å². The van der Waals surface area contributed by atoms with Crippen LogP contribution in [0.25, 0.3) is 22.4 Å². The number of hydrogen-bond donors (Lipinski definition) is 2. The monoisotopic (exact) mass is 405 g/mol. The summed E-state index contributed by atoms with van der Waals surface area (Å²) in [7, 11) is 1.64. The highest BCUT2D eigenvalue weighted by Gasteiger charge is 2.24. The van der Waals surface area contributed by atoms with Gasteiger partial charge < -0.3 is 10.1 Å². The van der Waals surface area contributed by atoms with E-state index >= 15 is 0 Å². The van der Waals surface area contributed by atoms with E-state index in [1.807, 2.05) is 60.7 Å². The number of ether oxygens (including phenoxy) is 1. The van der Waals surface area contributed by atoms with Crippen LogP contribution in [0, 0.1) is 11.8 Å². The molecular weight excluding hydrogens is 378 g/mol. The van der Waals surface area contributed by atoms with Crippen LogP contribution in [0.1, 0.15) is 24.2 Å². The normalized spacial score (nSPS) is 12.0. The fraction of sp³-hybridized carbons (Fsp3) is 0.292. The van der Waals surface area contributed by atoms with Crippen molar-refractivity contribution in [2.24, 2.45) is 11.8 Å². The quantitative estimate of drug-likeness (QED) is 0.598. The molecule has 1 amide bonds. The van der Waals surface area contributed by atoms with Gasteiger partial charge in [0.05, 0.1) is 12.3 Å². The molecule has 2 aromatic carbocycles. The molecule has 0 radical (unpaired) electrons. The molecule has 0 aliphatic heterocycles. The van der Waals surface area contributed by atoms with Gasteiger partial charge in [-0.2, -0.15) is 5.10 Å². The number of H-pyrrole nitrogens is 1. The van der Waals surface area contributed by atoms with Gasteiger partial charge in [0.15, 0.2) is 0 Å². The Hall–Kier alpha value is -3.25. The van der Waals surface area contributed by atoms with E-state index in [1.54, 1.807) is 7.11 Å². The number of nitrogens with one attached hydrogen (secondary N) is 2. The number of carbonyl (C=O) groups is 1. The minimum Gasteiger partial charge on any atom is -0.384 e. The van der Waals surface area contributed by atoms with Gasteiger partial charge in [-0.1, -0.05) is 74.5 Å². The first kappa shape index (κ1) is 21.5. The maximum Gasteiger partial charge on any atom is 0.277 e. The second-order valence-electron chi connectivity index (χ2n) is 7.55. The molecule has 0 fully saturated rings. The summed E-state index contributed by atoms with van der Waals surface area (Å²) < 4.78 is 5.27. The Morgan fingerprint density at radius 2 is 1.63 bits per heavy atom. The van der Waals surface area contributed by atoms with Crippen LogP contribution in [-0.4, -0.2) is 36.4 Å². The van der Waals surface area contributed by atoms with Crippen molar-refractivity contribution in [2.75, 3.05) is 20.3 Å². The molecule has 2 N–H and O–H groups in total. The summed E-state index contributed by atoms with van der Waals surface area (Å²) in [6.45, 7) is 5.11. The molecule has 0 saturated heterocycles. The molecule has 30 heavy (non-hydrogen) atoms. The average molecular weight is 405 g/mol. The molecule has 0 bridgehead atoms. The summed E-state index contributed by atoms with van der Waals surface area (Å²) in [6, 6.07) is 18.9. The molecule has 0 spiro atoms. The van der Waals surface area contributed by atoms with Crippen LogP contribution in [0.4, 0.5) is 0 Å². The SMILES string of the molecule is COCC(CNC(=O)c1c(-c2ccccc2)c(-c2ccccc2)n[nH]c1=O)C(C)C. The van der Waals surface area contributed by atoms with E-state index in [1.165, 1.54) is 0 Å². The molecule has 0 aliphatic carbocycles. The Balaban J connectivity index is 2.07. The number of amides is 1. The number of aromatic nitrogens is 2. The van der Waals surface area contributed by atoms with Crippen LogP contribution in [0.15, 0.2) is 65.5 Å². The number of methoxy groups -OCH3 is 1. The van der Waals surface area contributed by atoms with Gasteiger partial charge in [-0.25, -0.2) is 5.10 Å². The molecule has 1 aromatic heterocycles. The largest absolute Gasteiger partial charge is 0.384 e. The smallest absolute Gasteiger partial charge is 0.277 e. The van der Waals surface area contributed by atoms with E-state index in [-0.39, 0.29) is 11.5 Å². The first-order valence-electron chi connectivity index (χ1n) is 10.0. The number of benzene rings is 2. The number of carbonyl (C=O) groups excluding carboxylic acids is 1. The van der Waals surface area contributed by atoms with Crippen molar-refractivity contribution >= 4 is 5.91 Å². The first-order valence-corrected chi connectivity index (χ1v) is 10.0. The van der Waals surface area contributed by atoms with Crippen molar-refractivity contribution in [3.05, 3.63) is 76.6 Å². The van der Waals surface area contributed by atoms with E-state index in [0.717, 1.165) is 11.1 Å². The Bertz CT molecular complexity index is 1030. The molecule has 1 unspecified atom stereocenters. The number of aromatic amines is 1.